The molecule has 5 heteroatoms. The van der Waals surface area contributed by atoms with Crippen LogP contribution in [0.5, 0.6) is 0 Å². The zero-order valence-corrected chi connectivity index (χ0v) is 12.6. The number of nitrogens with zero attached hydrogens (tertiary/aromatic N) is 1. The second-order valence-corrected chi connectivity index (χ2v) is 6.37. The standard InChI is InChI=1S/C15H24N2O3/c1-11-12(6-5-7-14(11)17(19)20)9-16-10-13(18)8-15(2,3)4/h5-7,13,16,18H,8-10H2,1-4H3. The van der Waals surface area contributed by atoms with Gasteiger partial charge in [-0.3, -0.25) is 10.1 Å². The fourth-order valence-electron chi connectivity index (χ4n) is 2.21. The van der Waals surface area contributed by atoms with E-state index in [0.29, 0.717) is 25.1 Å². The molecule has 5 nitrogen and oxygen atoms in total. The molecule has 1 atom stereocenters. The molecule has 0 spiro atoms. The predicted octanol–water partition coefficient (Wildman–Crippen LogP) is 2.79. The van der Waals surface area contributed by atoms with Gasteiger partial charge in [0.2, 0.25) is 0 Å². The summed E-state index contributed by atoms with van der Waals surface area (Å²) in [4.78, 5) is 10.5. The molecule has 0 saturated heterocycles. The third-order valence-electron chi connectivity index (χ3n) is 3.16. The molecule has 0 amide bonds. The number of rotatable bonds is 6. The second kappa shape index (κ2) is 6.81. The first kappa shape index (κ1) is 16.6. The average Bonchev–Trinajstić information content (AvgIpc) is 2.28. The number of hydrogen-bond acceptors (Lipinski definition) is 4. The molecule has 112 valence electrons. The number of nitro groups is 1. The molecule has 0 fully saturated rings. The van der Waals surface area contributed by atoms with Crippen LogP contribution < -0.4 is 5.32 Å². The number of hydrogen-bond donors (Lipinski definition) is 2. The van der Waals surface area contributed by atoms with E-state index in [1.54, 1.807) is 13.0 Å². The van der Waals surface area contributed by atoms with Crippen LogP contribution >= 0.6 is 0 Å². The van der Waals surface area contributed by atoms with Gasteiger partial charge in [-0.2, -0.15) is 0 Å². The Kier molecular flexibility index (Phi) is 5.65. The third-order valence-corrected chi connectivity index (χ3v) is 3.16. The smallest absolute Gasteiger partial charge is 0.272 e. The van der Waals surface area contributed by atoms with Crippen LogP contribution in [0.1, 0.15) is 38.3 Å². The minimum atomic E-state index is -0.408. The first-order valence-electron chi connectivity index (χ1n) is 6.82. The highest BCUT2D eigenvalue weighted by atomic mass is 16.6. The van der Waals surface area contributed by atoms with Gasteiger partial charge in [-0.15, -0.1) is 0 Å². The summed E-state index contributed by atoms with van der Waals surface area (Å²) in [6, 6.07) is 5.06. The van der Waals surface area contributed by atoms with Crippen LogP contribution in [0, 0.1) is 22.5 Å². The van der Waals surface area contributed by atoms with Crippen molar-refractivity contribution in [2.24, 2.45) is 5.41 Å². The van der Waals surface area contributed by atoms with E-state index in [1.165, 1.54) is 6.07 Å². The molecule has 1 aromatic carbocycles. The van der Waals surface area contributed by atoms with Crippen molar-refractivity contribution in [1.82, 2.24) is 5.32 Å². The first-order chi connectivity index (χ1) is 9.20. The Hall–Kier alpha value is -1.46. The van der Waals surface area contributed by atoms with Crippen LogP contribution in [-0.4, -0.2) is 22.7 Å². The molecule has 0 radical (unpaired) electrons. The van der Waals surface area contributed by atoms with Crippen molar-refractivity contribution in [2.75, 3.05) is 6.54 Å². The minimum Gasteiger partial charge on any atom is -0.392 e. The monoisotopic (exact) mass is 280 g/mol. The zero-order chi connectivity index (χ0) is 15.3. The highest BCUT2D eigenvalue weighted by Crippen LogP contribution is 2.22. The van der Waals surface area contributed by atoms with E-state index >= 15 is 0 Å². The largest absolute Gasteiger partial charge is 0.392 e. The van der Waals surface area contributed by atoms with E-state index in [4.69, 9.17) is 0 Å². The molecule has 0 aliphatic heterocycles. The van der Waals surface area contributed by atoms with E-state index in [1.807, 2.05) is 6.07 Å². The highest BCUT2D eigenvalue weighted by molar-refractivity contribution is 5.44. The summed E-state index contributed by atoms with van der Waals surface area (Å²) in [5.41, 5.74) is 1.79. The summed E-state index contributed by atoms with van der Waals surface area (Å²) >= 11 is 0. The van der Waals surface area contributed by atoms with Gasteiger partial charge in [0.15, 0.2) is 0 Å². The van der Waals surface area contributed by atoms with E-state index in [2.05, 4.69) is 26.1 Å². The van der Waals surface area contributed by atoms with Crippen LogP contribution in [-0.2, 0) is 6.54 Å². The van der Waals surface area contributed by atoms with Gasteiger partial charge >= 0.3 is 0 Å². The summed E-state index contributed by atoms with van der Waals surface area (Å²) in [7, 11) is 0. The Morgan fingerprint density at radius 1 is 1.40 bits per heavy atom. The first-order valence-corrected chi connectivity index (χ1v) is 6.82. The quantitative estimate of drug-likeness (QED) is 0.620. The Morgan fingerprint density at radius 3 is 2.60 bits per heavy atom. The summed E-state index contributed by atoms with van der Waals surface area (Å²) in [6.07, 6.45) is 0.308. The van der Waals surface area contributed by atoms with Crippen molar-refractivity contribution in [2.45, 2.75) is 46.8 Å². The van der Waals surface area contributed by atoms with Crippen molar-refractivity contribution in [3.05, 3.63) is 39.4 Å². The van der Waals surface area contributed by atoms with E-state index in [-0.39, 0.29) is 16.0 Å². The number of aliphatic hydroxyl groups is 1. The molecular formula is C15H24N2O3. The van der Waals surface area contributed by atoms with Crippen LogP contribution in [0.25, 0.3) is 0 Å². The van der Waals surface area contributed by atoms with Crippen LogP contribution in [0.15, 0.2) is 18.2 Å². The van der Waals surface area contributed by atoms with Gasteiger partial charge < -0.3 is 10.4 Å². The summed E-state index contributed by atoms with van der Waals surface area (Å²) in [5, 5.41) is 23.9. The molecular weight excluding hydrogens is 256 g/mol. The van der Waals surface area contributed by atoms with Crippen LogP contribution in [0.2, 0.25) is 0 Å². The Bertz CT molecular complexity index is 467. The average molecular weight is 280 g/mol. The van der Waals surface area contributed by atoms with Gasteiger partial charge in [0, 0.05) is 24.7 Å². The maximum absolute atomic E-state index is 10.9. The normalized spacial score (nSPS) is 13.2. The summed E-state index contributed by atoms with van der Waals surface area (Å²) in [6.45, 7) is 9.01. The van der Waals surface area contributed by atoms with Crippen molar-refractivity contribution in [3.63, 3.8) is 0 Å². The lowest BCUT2D eigenvalue weighted by molar-refractivity contribution is -0.385. The van der Waals surface area contributed by atoms with Crippen LogP contribution in [0.3, 0.4) is 0 Å². The molecule has 0 aromatic heterocycles. The molecule has 0 heterocycles. The molecule has 0 saturated carbocycles. The molecule has 2 N–H and O–H groups in total. The fraction of sp³-hybridized carbons (Fsp3) is 0.600. The minimum absolute atomic E-state index is 0.0859. The number of benzene rings is 1. The molecule has 1 aromatic rings. The van der Waals surface area contributed by atoms with E-state index in [9.17, 15) is 15.2 Å². The lowest BCUT2D eigenvalue weighted by atomic mass is 9.89. The van der Waals surface area contributed by atoms with E-state index in [0.717, 1.165) is 5.56 Å². The van der Waals surface area contributed by atoms with Gasteiger partial charge in [0.1, 0.15) is 0 Å². The molecule has 1 unspecified atom stereocenters. The number of nitrogens with one attached hydrogen (secondary N) is 1. The van der Waals surface area contributed by atoms with Crippen molar-refractivity contribution in [3.8, 4) is 0 Å². The second-order valence-electron chi connectivity index (χ2n) is 6.37. The van der Waals surface area contributed by atoms with Gasteiger partial charge in [0.25, 0.3) is 5.69 Å². The predicted molar refractivity (Wildman–Crippen MR) is 79.6 cm³/mol. The number of aliphatic hydroxyl groups excluding tert-OH is 1. The summed E-state index contributed by atoms with van der Waals surface area (Å²) in [5.74, 6) is 0. The topological polar surface area (TPSA) is 75.4 Å². The Labute approximate surface area is 120 Å². The van der Waals surface area contributed by atoms with Gasteiger partial charge in [-0.05, 0) is 24.3 Å². The van der Waals surface area contributed by atoms with Crippen molar-refractivity contribution >= 4 is 5.69 Å². The van der Waals surface area contributed by atoms with Gasteiger partial charge in [-0.1, -0.05) is 32.9 Å². The maximum Gasteiger partial charge on any atom is 0.272 e. The van der Waals surface area contributed by atoms with Crippen molar-refractivity contribution < 1.29 is 10.0 Å². The molecule has 1 rings (SSSR count). The number of nitro benzene ring substituents is 1. The lowest BCUT2D eigenvalue weighted by Crippen LogP contribution is -2.30. The molecule has 20 heavy (non-hydrogen) atoms. The van der Waals surface area contributed by atoms with Gasteiger partial charge in [0.05, 0.1) is 11.0 Å². The van der Waals surface area contributed by atoms with Gasteiger partial charge in [-0.25, -0.2) is 0 Å². The fourth-order valence-corrected chi connectivity index (χ4v) is 2.21. The zero-order valence-electron chi connectivity index (χ0n) is 12.6. The highest BCUT2D eigenvalue weighted by Gasteiger charge is 2.17. The molecule has 0 bridgehead atoms. The third kappa shape index (κ3) is 5.27. The maximum atomic E-state index is 10.9. The molecule has 0 aliphatic carbocycles. The summed E-state index contributed by atoms with van der Waals surface area (Å²) < 4.78 is 0. The molecule has 0 aliphatic rings. The van der Waals surface area contributed by atoms with E-state index < -0.39 is 6.10 Å². The van der Waals surface area contributed by atoms with Crippen molar-refractivity contribution in [1.29, 1.82) is 0 Å². The lowest BCUT2D eigenvalue weighted by Gasteiger charge is -2.22. The van der Waals surface area contributed by atoms with Crippen LogP contribution in [0.4, 0.5) is 5.69 Å². The Balaban J connectivity index is 2.55. The SMILES string of the molecule is Cc1c(CNCC(O)CC(C)(C)C)cccc1[N+](=O)[O-]. The Morgan fingerprint density at radius 2 is 2.05 bits per heavy atom.